The van der Waals surface area contributed by atoms with Crippen LogP contribution in [0.5, 0.6) is 5.75 Å². The molecule has 0 fully saturated rings. The van der Waals surface area contributed by atoms with Crippen molar-refractivity contribution in [2.75, 3.05) is 32.5 Å². The number of rotatable bonds is 9. The van der Waals surface area contributed by atoms with Crippen LogP contribution in [0.2, 0.25) is 0 Å². The van der Waals surface area contributed by atoms with Gasteiger partial charge in [-0.25, -0.2) is 8.42 Å². The molecule has 0 aliphatic rings. The normalized spacial score (nSPS) is 11.9. The summed E-state index contributed by atoms with van der Waals surface area (Å²) in [6, 6.07) is 13.0. The second-order valence-corrected chi connectivity index (χ2v) is 9.04. The molecule has 2 N–H and O–H groups in total. The first-order valence-electron chi connectivity index (χ1n) is 9.80. The second-order valence-electron chi connectivity index (χ2n) is 7.03. The number of benzene rings is 2. The van der Waals surface area contributed by atoms with E-state index >= 15 is 0 Å². The Morgan fingerprint density at radius 2 is 1.69 bits per heavy atom. The summed E-state index contributed by atoms with van der Waals surface area (Å²) in [4.78, 5) is 4.91. The van der Waals surface area contributed by atoms with Crippen LogP contribution < -0.4 is 15.4 Å². The highest BCUT2D eigenvalue weighted by Gasteiger charge is 2.06. The van der Waals surface area contributed by atoms with Crippen LogP contribution in [0.4, 0.5) is 0 Å². The highest BCUT2D eigenvalue weighted by Crippen LogP contribution is 2.15. The molecule has 2 rings (SSSR count). The van der Waals surface area contributed by atoms with Crippen LogP contribution in [0.15, 0.2) is 52.4 Å². The molecule has 0 saturated carbocycles. The molecule has 0 bridgehead atoms. The SMILES string of the molecule is CCNC(=NCCc1cc(C)cc(C)c1)NCCOc1ccc(S(C)(=O)=O)cc1. The van der Waals surface area contributed by atoms with Gasteiger partial charge in [0.2, 0.25) is 0 Å². The van der Waals surface area contributed by atoms with E-state index < -0.39 is 9.84 Å². The average molecular weight is 418 g/mol. The summed E-state index contributed by atoms with van der Waals surface area (Å²) >= 11 is 0. The maximum atomic E-state index is 11.5. The lowest BCUT2D eigenvalue weighted by Gasteiger charge is -2.12. The molecule has 0 spiro atoms. The van der Waals surface area contributed by atoms with E-state index in [9.17, 15) is 8.42 Å². The molecule has 0 unspecified atom stereocenters. The van der Waals surface area contributed by atoms with E-state index in [1.165, 1.54) is 22.9 Å². The molecule has 158 valence electrons. The van der Waals surface area contributed by atoms with E-state index in [0.717, 1.165) is 18.9 Å². The predicted octanol–water partition coefficient (Wildman–Crippen LogP) is 2.88. The number of sulfone groups is 1. The predicted molar refractivity (Wildman–Crippen MR) is 119 cm³/mol. The number of hydrogen-bond donors (Lipinski definition) is 2. The lowest BCUT2D eigenvalue weighted by molar-refractivity contribution is 0.321. The minimum atomic E-state index is -3.19. The van der Waals surface area contributed by atoms with Gasteiger partial charge in [0, 0.05) is 19.3 Å². The third kappa shape index (κ3) is 8.15. The van der Waals surface area contributed by atoms with Gasteiger partial charge in [-0.3, -0.25) is 4.99 Å². The zero-order chi connectivity index (χ0) is 21.3. The van der Waals surface area contributed by atoms with Crippen molar-refractivity contribution in [2.45, 2.75) is 32.1 Å². The summed E-state index contributed by atoms with van der Waals surface area (Å²) in [5.41, 5.74) is 3.84. The fourth-order valence-corrected chi connectivity index (χ4v) is 3.60. The first-order valence-corrected chi connectivity index (χ1v) is 11.7. The van der Waals surface area contributed by atoms with E-state index in [0.29, 0.717) is 25.4 Å². The Balaban J connectivity index is 1.80. The van der Waals surface area contributed by atoms with Gasteiger partial charge in [-0.05, 0) is 57.0 Å². The summed E-state index contributed by atoms with van der Waals surface area (Å²) in [6.07, 6.45) is 2.08. The van der Waals surface area contributed by atoms with Gasteiger partial charge in [0.15, 0.2) is 15.8 Å². The van der Waals surface area contributed by atoms with Gasteiger partial charge in [-0.1, -0.05) is 29.3 Å². The van der Waals surface area contributed by atoms with Gasteiger partial charge in [-0.2, -0.15) is 0 Å². The van der Waals surface area contributed by atoms with Gasteiger partial charge in [0.25, 0.3) is 0 Å². The van der Waals surface area contributed by atoms with Crippen molar-refractivity contribution in [3.05, 3.63) is 59.2 Å². The summed E-state index contributed by atoms with van der Waals surface area (Å²) in [7, 11) is -3.19. The Bertz CT molecular complexity index is 903. The molecule has 2 aromatic carbocycles. The van der Waals surface area contributed by atoms with E-state index in [1.807, 2.05) is 6.92 Å². The monoisotopic (exact) mass is 417 g/mol. The van der Waals surface area contributed by atoms with E-state index in [2.05, 4.69) is 47.7 Å². The van der Waals surface area contributed by atoms with Crippen molar-refractivity contribution in [1.29, 1.82) is 0 Å². The van der Waals surface area contributed by atoms with Crippen molar-refractivity contribution in [3.63, 3.8) is 0 Å². The number of nitrogens with zero attached hydrogens (tertiary/aromatic N) is 1. The van der Waals surface area contributed by atoms with Gasteiger partial charge in [0.05, 0.1) is 11.4 Å². The molecule has 2 aromatic rings. The largest absolute Gasteiger partial charge is 0.492 e. The minimum Gasteiger partial charge on any atom is -0.492 e. The molecule has 6 nitrogen and oxygen atoms in total. The second kappa shape index (κ2) is 10.9. The van der Waals surface area contributed by atoms with Crippen molar-refractivity contribution in [3.8, 4) is 5.75 Å². The van der Waals surface area contributed by atoms with E-state index in [4.69, 9.17) is 4.74 Å². The number of nitrogens with one attached hydrogen (secondary N) is 2. The van der Waals surface area contributed by atoms with Crippen LogP contribution in [0, 0.1) is 13.8 Å². The number of aryl methyl sites for hydroxylation is 2. The van der Waals surface area contributed by atoms with E-state index in [-0.39, 0.29) is 4.90 Å². The maximum Gasteiger partial charge on any atom is 0.191 e. The Labute approximate surface area is 174 Å². The summed E-state index contributed by atoms with van der Waals surface area (Å²) in [5, 5.41) is 6.48. The molecule has 0 aromatic heterocycles. The third-order valence-electron chi connectivity index (χ3n) is 4.21. The van der Waals surface area contributed by atoms with Crippen LogP contribution in [-0.4, -0.2) is 46.9 Å². The maximum absolute atomic E-state index is 11.5. The zero-order valence-electron chi connectivity index (χ0n) is 17.7. The van der Waals surface area contributed by atoms with Gasteiger partial charge < -0.3 is 15.4 Å². The fourth-order valence-electron chi connectivity index (χ4n) is 2.97. The molecule has 0 aliphatic carbocycles. The molecule has 0 atom stereocenters. The molecule has 0 radical (unpaired) electrons. The molecule has 29 heavy (non-hydrogen) atoms. The van der Waals surface area contributed by atoms with Crippen LogP contribution in [0.25, 0.3) is 0 Å². The Kier molecular flexibility index (Phi) is 8.51. The zero-order valence-corrected chi connectivity index (χ0v) is 18.5. The highest BCUT2D eigenvalue weighted by molar-refractivity contribution is 7.90. The number of aliphatic imine (C=N–C) groups is 1. The fraction of sp³-hybridized carbons (Fsp3) is 0.409. The number of ether oxygens (including phenoxy) is 1. The highest BCUT2D eigenvalue weighted by atomic mass is 32.2. The minimum absolute atomic E-state index is 0.286. The Hall–Kier alpha value is -2.54. The molecular formula is C22H31N3O3S. The number of guanidine groups is 1. The average Bonchev–Trinajstić information content (AvgIpc) is 2.64. The molecule has 0 aliphatic heterocycles. The van der Waals surface area contributed by atoms with Gasteiger partial charge >= 0.3 is 0 Å². The molecule has 0 saturated heterocycles. The molecule has 0 amide bonds. The summed E-state index contributed by atoms with van der Waals surface area (Å²) < 4.78 is 28.6. The van der Waals surface area contributed by atoms with Crippen LogP contribution in [0.3, 0.4) is 0 Å². The lowest BCUT2D eigenvalue weighted by Crippen LogP contribution is -2.39. The Morgan fingerprint density at radius 1 is 1.03 bits per heavy atom. The first-order chi connectivity index (χ1) is 13.8. The van der Waals surface area contributed by atoms with Crippen molar-refractivity contribution >= 4 is 15.8 Å². The van der Waals surface area contributed by atoms with Crippen molar-refractivity contribution < 1.29 is 13.2 Å². The quantitative estimate of drug-likeness (QED) is 0.373. The summed E-state index contributed by atoms with van der Waals surface area (Å²) in [6.45, 7) is 8.76. The van der Waals surface area contributed by atoms with Crippen molar-refractivity contribution in [1.82, 2.24) is 10.6 Å². The summed E-state index contributed by atoms with van der Waals surface area (Å²) in [5.74, 6) is 1.39. The van der Waals surface area contributed by atoms with E-state index in [1.54, 1.807) is 24.3 Å². The molecule has 0 heterocycles. The van der Waals surface area contributed by atoms with Crippen LogP contribution >= 0.6 is 0 Å². The number of hydrogen-bond acceptors (Lipinski definition) is 4. The first kappa shape index (κ1) is 22.7. The Morgan fingerprint density at radius 3 is 2.28 bits per heavy atom. The van der Waals surface area contributed by atoms with Crippen molar-refractivity contribution in [2.24, 2.45) is 4.99 Å². The molecule has 7 heteroatoms. The smallest absolute Gasteiger partial charge is 0.191 e. The van der Waals surface area contributed by atoms with Crippen LogP contribution in [0.1, 0.15) is 23.6 Å². The topological polar surface area (TPSA) is 79.8 Å². The lowest BCUT2D eigenvalue weighted by atomic mass is 10.1. The third-order valence-corrected chi connectivity index (χ3v) is 5.34. The van der Waals surface area contributed by atoms with Gasteiger partial charge in [-0.15, -0.1) is 0 Å². The van der Waals surface area contributed by atoms with Crippen LogP contribution in [-0.2, 0) is 16.3 Å². The molecular weight excluding hydrogens is 386 g/mol. The van der Waals surface area contributed by atoms with Gasteiger partial charge in [0.1, 0.15) is 12.4 Å². The standard InChI is InChI=1S/C22H31N3O3S/c1-5-23-22(24-11-10-19-15-17(2)14-18(3)16-19)25-12-13-28-20-6-8-21(9-7-20)29(4,26)27/h6-9,14-16H,5,10-13H2,1-4H3,(H2,23,24,25).